The molecule has 0 aliphatic heterocycles. The SMILES string of the molecule is Cc1cc2c(cc1O)C1(c3ccccc3-c3cc(O)c(N)cc31)c1ccccc1-2. The number of rotatable bonds is 0. The Bertz CT molecular complexity index is 1250. The van der Waals surface area contributed by atoms with Gasteiger partial charge in [0.15, 0.2) is 0 Å². The Morgan fingerprint density at radius 2 is 1.17 bits per heavy atom. The molecule has 1 atom stereocenters. The quantitative estimate of drug-likeness (QED) is 0.247. The lowest BCUT2D eigenvalue weighted by Gasteiger charge is -2.30. The zero-order valence-electron chi connectivity index (χ0n) is 15.9. The average molecular weight is 377 g/mol. The number of nitrogen functional groups attached to an aromatic ring is 1. The minimum Gasteiger partial charge on any atom is -0.508 e. The summed E-state index contributed by atoms with van der Waals surface area (Å²) in [6.07, 6.45) is 0. The van der Waals surface area contributed by atoms with Gasteiger partial charge in [0.1, 0.15) is 11.5 Å². The van der Waals surface area contributed by atoms with E-state index in [0.29, 0.717) is 5.69 Å². The summed E-state index contributed by atoms with van der Waals surface area (Å²) in [6, 6.07) is 24.4. The predicted molar refractivity (Wildman–Crippen MR) is 115 cm³/mol. The molecule has 6 rings (SSSR count). The number of hydrogen-bond acceptors (Lipinski definition) is 3. The molecule has 0 aromatic heterocycles. The highest BCUT2D eigenvalue weighted by atomic mass is 16.3. The molecule has 4 aromatic rings. The van der Waals surface area contributed by atoms with Gasteiger partial charge in [0.05, 0.1) is 11.1 Å². The monoisotopic (exact) mass is 377 g/mol. The highest BCUT2D eigenvalue weighted by Gasteiger charge is 2.52. The summed E-state index contributed by atoms with van der Waals surface area (Å²) in [6.45, 7) is 1.93. The minimum atomic E-state index is -0.565. The van der Waals surface area contributed by atoms with Gasteiger partial charge in [-0.15, -0.1) is 0 Å². The first-order valence-corrected chi connectivity index (χ1v) is 9.70. The van der Waals surface area contributed by atoms with Gasteiger partial charge in [0.2, 0.25) is 0 Å². The normalized spacial score (nSPS) is 17.7. The van der Waals surface area contributed by atoms with Crippen molar-refractivity contribution in [3.63, 3.8) is 0 Å². The van der Waals surface area contributed by atoms with Crippen molar-refractivity contribution in [2.24, 2.45) is 0 Å². The van der Waals surface area contributed by atoms with Gasteiger partial charge in [0, 0.05) is 0 Å². The van der Waals surface area contributed by atoms with Crippen molar-refractivity contribution in [1.29, 1.82) is 0 Å². The number of aryl methyl sites for hydroxylation is 1. The highest BCUT2D eigenvalue weighted by Crippen LogP contribution is 2.64. The molecule has 3 nitrogen and oxygen atoms in total. The fourth-order valence-electron chi connectivity index (χ4n) is 5.33. The van der Waals surface area contributed by atoms with Crippen molar-refractivity contribution in [2.45, 2.75) is 12.3 Å². The second kappa shape index (κ2) is 5.21. The van der Waals surface area contributed by atoms with Crippen molar-refractivity contribution in [1.82, 2.24) is 0 Å². The highest BCUT2D eigenvalue weighted by molar-refractivity contribution is 5.96. The van der Waals surface area contributed by atoms with Gasteiger partial charge in [0.25, 0.3) is 0 Å². The molecular weight excluding hydrogens is 358 g/mol. The van der Waals surface area contributed by atoms with Crippen LogP contribution < -0.4 is 5.73 Å². The van der Waals surface area contributed by atoms with Gasteiger partial charge in [-0.1, -0.05) is 48.5 Å². The van der Waals surface area contributed by atoms with Gasteiger partial charge in [-0.2, -0.15) is 0 Å². The van der Waals surface area contributed by atoms with E-state index < -0.39 is 5.41 Å². The van der Waals surface area contributed by atoms with Crippen LogP contribution in [0.5, 0.6) is 11.5 Å². The second-order valence-corrected chi connectivity index (χ2v) is 7.98. The van der Waals surface area contributed by atoms with E-state index in [0.717, 1.165) is 38.9 Å². The standard InChI is InChI=1S/C26H19NO2/c1-14-10-17-15-6-2-4-8-19(15)26(22(17)13-24(14)28)20-9-5-3-7-16(20)18-11-25(29)23(27)12-21(18)26/h2-13,28-29H,27H2,1H3. The fraction of sp³-hybridized carbons (Fsp3) is 0.0769. The number of fused-ring (bicyclic) bond motifs is 10. The summed E-state index contributed by atoms with van der Waals surface area (Å²) in [5, 5.41) is 21.0. The first-order valence-electron chi connectivity index (χ1n) is 9.70. The molecule has 0 heterocycles. The number of phenolic OH excluding ortho intramolecular Hbond substituents is 2. The first-order chi connectivity index (χ1) is 14.0. The lowest BCUT2D eigenvalue weighted by molar-refractivity contribution is 0.469. The Kier molecular flexibility index (Phi) is 2.92. The smallest absolute Gasteiger partial charge is 0.139 e. The topological polar surface area (TPSA) is 66.5 Å². The zero-order valence-corrected chi connectivity index (χ0v) is 15.9. The number of phenols is 2. The maximum absolute atomic E-state index is 10.6. The Hall–Kier alpha value is -3.72. The summed E-state index contributed by atoms with van der Waals surface area (Å²) in [5.74, 6) is 0.377. The van der Waals surface area contributed by atoms with Crippen LogP contribution >= 0.6 is 0 Å². The van der Waals surface area contributed by atoms with Crippen molar-refractivity contribution in [3.05, 3.63) is 101 Å². The summed E-state index contributed by atoms with van der Waals surface area (Å²) >= 11 is 0. The van der Waals surface area contributed by atoms with Gasteiger partial charge in [-0.05, 0) is 81.3 Å². The van der Waals surface area contributed by atoms with E-state index in [4.69, 9.17) is 5.73 Å². The molecule has 4 aromatic carbocycles. The van der Waals surface area contributed by atoms with E-state index in [9.17, 15) is 10.2 Å². The number of nitrogens with two attached hydrogens (primary N) is 1. The van der Waals surface area contributed by atoms with Crippen LogP contribution in [-0.2, 0) is 5.41 Å². The number of anilines is 1. The molecule has 0 bridgehead atoms. The molecule has 0 radical (unpaired) electrons. The van der Waals surface area contributed by atoms with E-state index in [2.05, 4.69) is 42.5 Å². The van der Waals surface area contributed by atoms with Crippen molar-refractivity contribution >= 4 is 5.69 Å². The Labute approximate surface area is 168 Å². The number of aromatic hydroxyl groups is 2. The molecule has 3 heteroatoms. The molecule has 140 valence electrons. The predicted octanol–water partition coefficient (Wildman–Crippen LogP) is 5.33. The molecule has 0 saturated carbocycles. The minimum absolute atomic E-state index is 0.0915. The first kappa shape index (κ1) is 16.3. The maximum Gasteiger partial charge on any atom is 0.139 e. The van der Waals surface area contributed by atoms with E-state index in [1.807, 2.05) is 31.2 Å². The van der Waals surface area contributed by atoms with Crippen LogP contribution in [0.1, 0.15) is 27.8 Å². The van der Waals surface area contributed by atoms with Crippen LogP contribution in [0.25, 0.3) is 22.3 Å². The second-order valence-electron chi connectivity index (χ2n) is 7.98. The Morgan fingerprint density at radius 3 is 1.83 bits per heavy atom. The number of benzene rings is 4. The number of hydrogen-bond donors (Lipinski definition) is 3. The third-order valence-corrected chi connectivity index (χ3v) is 6.55. The molecule has 1 unspecified atom stereocenters. The fourth-order valence-corrected chi connectivity index (χ4v) is 5.33. The summed E-state index contributed by atoms with van der Waals surface area (Å²) in [7, 11) is 0. The molecular formula is C26H19NO2. The average Bonchev–Trinajstić information content (AvgIpc) is 3.16. The Morgan fingerprint density at radius 1 is 0.621 bits per heavy atom. The maximum atomic E-state index is 10.6. The van der Waals surface area contributed by atoms with Gasteiger partial charge in [-0.3, -0.25) is 0 Å². The van der Waals surface area contributed by atoms with E-state index in [1.54, 1.807) is 6.07 Å². The van der Waals surface area contributed by atoms with Crippen LogP contribution in [0.3, 0.4) is 0 Å². The van der Waals surface area contributed by atoms with Crippen molar-refractivity contribution < 1.29 is 10.2 Å². The molecule has 2 aliphatic rings. The van der Waals surface area contributed by atoms with Crippen LogP contribution in [0, 0.1) is 6.92 Å². The lowest BCUT2D eigenvalue weighted by atomic mass is 9.70. The van der Waals surface area contributed by atoms with Crippen molar-refractivity contribution in [2.75, 3.05) is 5.73 Å². The molecule has 0 fully saturated rings. The third-order valence-electron chi connectivity index (χ3n) is 6.55. The van der Waals surface area contributed by atoms with Crippen LogP contribution in [-0.4, -0.2) is 10.2 Å². The third kappa shape index (κ3) is 1.78. The molecule has 0 saturated heterocycles. The summed E-state index contributed by atoms with van der Waals surface area (Å²) < 4.78 is 0. The van der Waals surface area contributed by atoms with Crippen LogP contribution in [0.2, 0.25) is 0 Å². The molecule has 4 N–H and O–H groups in total. The van der Waals surface area contributed by atoms with Crippen LogP contribution in [0.15, 0.2) is 72.8 Å². The molecule has 2 aliphatic carbocycles. The Balaban J connectivity index is 1.87. The van der Waals surface area contributed by atoms with E-state index in [1.165, 1.54) is 11.1 Å². The zero-order chi connectivity index (χ0) is 19.9. The molecule has 0 amide bonds. The van der Waals surface area contributed by atoms with E-state index in [-0.39, 0.29) is 11.5 Å². The van der Waals surface area contributed by atoms with Gasteiger partial charge < -0.3 is 15.9 Å². The van der Waals surface area contributed by atoms with Gasteiger partial charge >= 0.3 is 0 Å². The largest absolute Gasteiger partial charge is 0.508 e. The summed E-state index contributed by atoms with van der Waals surface area (Å²) in [4.78, 5) is 0. The van der Waals surface area contributed by atoms with Crippen molar-refractivity contribution in [3.8, 4) is 33.8 Å². The van der Waals surface area contributed by atoms with E-state index >= 15 is 0 Å². The van der Waals surface area contributed by atoms with Crippen LogP contribution in [0.4, 0.5) is 5.69 Å². The molecule has 29 heavy (non-hydrogen) atoms. The molecule has 1 spiro atoms. The lowest BCUT2D eigenvalue weighted by Crippen LogP contribution is -2.26. The summed E-state index contributed by atoms with van der Waals surface area (Å²) in [5.41, 5.74) is 15.6. The van der Waals surface area contributed by atoms with Gasteiger partial charge in [-0.25, -0.2) is 0 Å².